The second-order valence-corrected chi connectivity index (χ2v) is 4.60. The highest BCUT2D eigenvalue weighted by Gasteiger charge is 2.42. The average molecular weight is 270 g/mol. The molecule has 18 heavy (non-hydrogen) atoms. The molecule has 1 aliphatic heterocycles. The zero-order chi connectivity index (χ0) is 13.3. The van der Waals surface area contributed by atoms with Crippen LogP contribution in [0.25, 0.3) is 0 Å². The zero-order valence-electron chi connectivity index (χ0n) is 9.94. The molecule has 0 fully saturated rings. The number of halogens is 1. The normalized spacial score (nSPS) is 22.3. The Morgan fingerprint density at radius 1 is 1.61 bits per heavy atom. The predicted molar refractivity (Wildman–Crippen MR) is 66.3 cm³/mol. The molecule has 0 saturated heterocycles. The number of carbonyl (C=O) groups is 1. The molecule has 0 bridgehead atoms. The molecule has 0 spiro atoms. The Morgan fingerprint density at radius 2 is 2.33 bits per heavy atom. The molecule has 0 radical (unpaired) electrons. The Labute approximate surface area is 109 Å². The molecule has 1 heterocycles. The van der Waals surface area contributed by atoms with Gasteiger partial charge in [-0.05, 0) is 25.1 Å². The molecule has 0 aliphatic carbocycles. The maximum atomic E-state index is 11.0. The summed E-state index contributed by atoms with van der Waals surface area (Å²) < 4.78 is 5.04. The topological polar surface area (TPSA) is 68.1 Å². The standard InChI is InChI=1S/C12H12ClNO4/c1-12(11(15)16)6-9(14-18-12)7-3-4-10(17-2)8(13)5-7/h3-5H,6H2,1-2H3,(H,15,16). The molecule has 0 amide bonds. The van der Waals surface area contributed by atoms with E-state index in [1.807, 2.05) is 0 Å². The van der Waals surface area contributed by atoms with Gasteiger partial charge in [-0.25, -0.2) is 4.79 Å². The number of hydrogen-bond acceptors (Lipinski definition) is 4. The van der Waals surface area contributed by atoms with E-state index in [2.05, 4.69) is 5.16 Å². The first-order chi connectivity index (χ1) is 8.46. The summed E-state index contributed by atoms with van der Waals surface area (Å²) in [7, 11) is 1.53. The van der Waals surface area contributed by atoms with Crippen LogP contribution < -0.4 is 4.74 Å². The second-order valence-electron chi connectivity index (χ2n) is 4.19. The van der Waals surface area contributed by atoms with Gasteiger partial charge in [0.25, 0.3) is 0 Å². The lowest BCUT2D eigenvalue weighted by Gasteiger charge is -2.14. The van der Waals surface area contributed by atoms with E-state index in [0.717, 1.165) is 5.56 Å². The first-order valence-corrected chi connectivity index (χ1v) is 5.66. The number of nitrogens with zero attached hydrogens (tertiary/aromatic N) is 1. The molecule has 96 valence electrons. The second kappa shape index (κ2) is 4.49. The van der Waals surface area contributed by atoms with Gasteiger partial charge in [-0.15, -0.1) is 0 Å². The first kappa shape index (κ1) is 12.7. The molecule has 2 rings (SSSR count). The van der Waals surface area contributed by atoms with Crippen LogP contribution in [-0.2, 0) is 9.63 Å². The summed E-state index contributed by atoms with van der Waals surface area (Å²) in [6, 6.07) is 5.15. The van der Waals surface area contributed by atoms with Crippen LogP contribution in [0.15, 0.2) is 23.4 Å². The third kappa shape index (κ3) is 2.13. The number of rotatable bonds is 3. The molecule has 1 atom stereocenters. The first-order valence-electron chi connectivity index (χ1n) is 5.28. The van der Waals surface area contributed by atoms with Crippen molar-refractivity contribution in [2.24, 2.45) is 5.16 Å². The number of carboxylic acid groups (broad SMARTS) is 1. The highest BCUT2D eigenvalue weighted by Crippen LogP contribution is 2.30. The van der Waals surface area contributed by atoms with Crippen molar-refractivity contribution >= 4 is 23.3 Å². The van der Waals surface area contributed by atoms with Crippen molar-refractivity contribution in [1.82, 2.24) is 0 Å². The van der Waals surface area contributed by atoms with Gasteiger partial charge in [-0.3, -0.25) is 0 Å². The molecule has 1 unspecified atom stereocenters. The smallest absolute Gasteiger partial charge is 0.351 e. The van der Waals surface area contributed by atoms with E-state index in [9.17, 15) is 4.79 Å². The number of benzene rings is 1. The number of carboxylic acids is 1. The van der Waals surface area contributed by atoms with Gasteiger partial charge in [0.1, 0.15) is 5.75 Å². The third-order valence-electron chi connectivity index (χ3n) is 2.80. The summed E-state index contributed by atoms with van der Waals surface area (Å²) in [5.41, 5.74) is -0.0166. The fourth-order valence-corrected chi connectivity index (χ4v) is 1.91. The molecule has 6 heteroatoms. The Bertz CT molecular complexity index is 529. The molecular formula is C12H12ClNO4. The van der Waals surface area contributed by atoms with Crippen LogP contribution in [0, 0.1) is 0 Å². The van der Waals surface area contributed by atoms with Crippen LogP contribution in [0.4, 0.5) is 0 Å². The van der Waals surface area contributed by atoms with Crippen LogP contribution in [-0.4, -0.2) is 29.5 Å². The summed E-state index contributed by atoms with van der Waals surface area (Å²) in [5.74, 6) is -0.484. The quantitative estimate of drug-likeness (QED) is 0.914. The average Bonchev–Trinajstić information content (AvgIpc) is 2.73. The molecule has 0 saturated carbocycles. The minimum Gasteiger partial charge on any atom is -0.495 e. The van der Waals surface area contributed by atoms with Crippen LogP contribution >= 0.6 is 11.6 Å². The van der Waals surface area contributed by atoms with Gasteiger partial charge in [0.15, 0.2) is 0 Å². The summed E-state index contributed by atoms with van der Waals surface area (Å²) in [6.07, 6.45) is 0.199. The Morgan fingerprint density at radius 3 is 2.83 bits per heavy atom. The van der Waals surface area contributed by atoms with Gasteiger partial charge in [0.05, 0.1) is 17.8 Å². The van der Waals surface area contributed by atoms with Gasteiger partial charge in [-0.2, -0.15) is 0 Å². The zero-order valence-corrected chi connectivity index (χ0v) is 10.7. The largest absolute Gasteiger partial charge is 0.495 e. The SMILES string of the molecule is COc1ccc(C2=NOC(C)(C(=O)O)C2)cc1Cl. The van der Waals surface area contributed by atoms with Crippen LogP contribution in [0.3, 0.4) is 0 Å². The highest BCUT2D eigenvalue weighted by molar-refractivity contribution is 6.32. The van der Waals surface area contributed by atoms with Gasteiger partial charge in [0, 0.05) is 12.0 Å². The fraction of sp³-hybridized carbons (Fsp3) is 0.333. The molecule has 1 aromatic rings. The lowest BCUT2D eigenvalue weighted by molar-refractivity contribution is -0.160. The van der Waals surface area contributed by atoms with E-state index in [4.69, 9.17) is 26.3 Å². The predicted octanol–water partition coefficient (Wildman–Crippen LogP) is 2.32. The summed E-state index contributed by atoms with van der Waals surface area (Å²) in [6.45, 7) is 1.48. The monoisotopic (exact) mass is 269 g/mol. The van der Waals surface area contributed by atoms with E-state index in [1.54, 1.807) is 18.2 Å². The number of ether oxygens (including phenoxy) is 1. The van der Waals surface area contributed by atoms with Crippen LogP contribution in [0.5, 0.6) is 5.75 Å². The third-order valence-corrected chi connectivity index (χ3v) is 3.09. The van der Waals surface area contributed by atoms with Crippen molar-refractivity contribution in [1.29, 1.82) is 0 Å². The minimum atomic E-state index is -1.30. The molecule has 5 nitrogen and oxygen atoms in total. The fourth-order valence-electron chi connectivity index (χ4n) is 1.66. The van der Waals surface area contributed by atoms with Crippen LogP contribution in [0.2, 0.25) is 5.02 Å². The molecule has 1 aliphatic rings. The van der Waals surface area contributed by atoms with Gasteiger partial charge in [-0.1, -0.05) is 16.8 Å². The number of aliphatic carboxylic acids is 1. The maximum Gasteiger partial charge on any atom is 0.351 e. The lowest BCUT2D eigenvalue weighted by atomic mass is 9.96. The van der Waals surface area contributed by atoms with E-state index >= 15 is 0 Å². The Balaban J connectivity index is 2.25. The molecular weight excluding hydrogens is 258 g/mol. The van der Waals surface area contributed by atoms with Gasteiger partial charge in [0.2, 0.25) is 5.60 Å². The Hall–Kier alpha value is -1.75. The lowest BCUT2D eigenvalue weighted by Crippen LogP contribution is -2.35. The Kier molecular flexibility index (Phi) is 3.17. The van der Waals surface area contributed by atoms with Gasteiger partial charge >= 0.3 is 5.97 Å². The summed E-state index contributed by atoms with van der Waals surface area (Å²) in [5, 5.41) is 13.3. The number of hydrogen-bond donors (Lipinski definition) is 1. The van der Waals surface area contributed by atoms with Crippen molar-refractivity contribution in [3.05, 3.63) is 28.8 Å². The van der Waals surface area contributed by atoms with Crippen molar-refractivity contribution in [2.45, 2.75) is 18.9 Å². The van der Waals surface area contributed by atoms with Crippen LogP contribution in [0.1, 0.15) is 18.9 Å². The molecule has 1 aromatic carbocycles. The number of oxime groups is 1. The highest BCUT2D eigenvalue weighted by atomic mass is 35.5. The number of methoxy groups -OCH3 is 1. The van der Waals surface area contributed by atoms with E-state index in [-0.39, 0.29) is 6.42 Å². The summed E-state index contributed by atoms with van der Waals surface area (Å²) >= 11 is 6.00. The van der Waals surface area contributed by atoms with Crippen molar-refractivity contribution < 1.29 is 19.5 Å². The molecule has 1 N–H and O–H groups in total. The van der Waals surface area contributed by atoms with E-state index in [0.29, 0.717) is 16.5 Å². The van der Waals surface area contributed by atoms with Crippen molar-refractivity contribution in [3.8, 4) is 5.75 Å². The van der Waals surface area contributed by atoms with E-state index < -0.39 is 11.6 Å². The van der Waals surface area contributed by atoms with Gasteiger partial charge < -0.3 is 14.7 Å². The van der Waals surface area contributed by atoms with Crippen molar-refractivity contribution in [2.75, 3.05) is 7.11 Å². The minimum absolute atomic E-state index is 0.199. The van der Waals surface area contributed by atoms with E-state index in [1.165, 1.54) is 14.0 Å². The van der Waals surface area contributed by atoms with Crippen molar-refractivity contribution in [3.63, 3.8) is 0 Å². The summed E-state index contributed by atoms with van der Waals surface area (Å²) in [4.78, 5) is 16.0. The maximum absolute atomic E-state index is 11.0. The molecule has 0 aromatic heterocycles.